The minimum Gasteiger partial charge on any atom is -0.300 e. The Labute approximate surface area is 107 Å². The van der Waals surface area contributed by atoms with Gasteiger partial charge in [0, 0.05) is 17.0 Å². The van der Waals surface area contributed by atoms with Crippen LogP contribution in [0.3, 0.4) is 0 Å². The Morgan fingerprint density at radius 2 is 2.12 bits per heavy atom. The van der Waals surface area contributed by atoms with E-state index in [0.29, 0.717) is 12.0 Å². The zero-order valence-corrected chi connectivity index (χ0v) is 11.1. The van der Waals surface area contributed by atoms with E-state index < -0.39 is 0 Å². The molecule has 2 aliphatic rings. The summed E-state index contributed by atoms with van der Waals surface area (Å²) in [5, 5.41) is 2.14. The number of fused-ring (bicyclic) bond motifs is 2. The molecule has 2 bridgehead atoms. The van der Waals surface area contributed by atoms with Crippen molar-refractivity contribution in [2.75, 3.05) is 7.05 Å². The molecule has 3 N–H and O–H groups in total. The third kappa shape index (κ3) is 2.03. The molecule has 4 heteroatoms. The molecule has 0 aromatic carbocycles. The van der Waals surface area contributed by atoms with Gasteiger partial charge in [0.1, 0.15) is 0 Å². The molecule has 0 saturated carbocycles. The van der Waals surface area contributed by atoms with Crippen LogP contribution in [0.25, 0.3) is 0 Å². The van der Waals surface area contributed by atoms with Gasteiger partial charge in [0.15, 0.2) is 0 Å². The highest BCUT2D eigenvalue weighted by Gasteiger charge is 2.41. The lowest BCUT2D eigenvalue weighted by atomic mass is 9.85. The Balaban J connectivity index is 1.76. The molecule has 1 aromatic rings. The lowest BCUT2D eigenvalue weighted by molar-refractivity contribution is 0.113. The molecule has 2 aliphatic heterocycles. The molecule has 2 saturated heterocycles. The Morgan fingerprint density at radius 3 is 2.65 bits per heavy atom. The van der Waals surface area contributed by atoms with Gasteiger partial charge in [-0.05, 0) is 50.1 Å². The van der Waals surface area contributed by atoms with Crippen molar-refractivity contribution >= 4 is 11.3 Å². The van der Waals surface area contributed by atoms with Crippen molar-refractivity contribution in [3.05, 3.63) is 22.4 Å². The highest BCUT2D eigenvalue weighted by Crippen LogP contribution is 2.42. The summed E-state index contributed by atoms with van der Waals surface area (Å²) in [6, 6.07) is 6.25. The van der Waals surface area contributed by atoms with Crippen LogP contribution < -0.4 is 11.3 Å². The molecule has 94 valence electrons. The maximum atomic E-state index is 5.78. The fourth-order valence-corrected chi connectivity index (χ4v) is 4.52. The van der Waals surface area contributed by atoms with Crippen molar-refractivity contribution in [2.24, 2.45) is 11.8 Å². The summed E-state index contributed by atoms with van der Waals surface area (Å²) in [5.74, 6) is 6.49. The molecule has 0 spiro atoms. The fourth-order valence-electron chi connectivity index (χ4n) is 3.64. The number of rotatable bonds is 3. The summed E-state index contributed by atoms with van der Waals surface area (Å²) in [5.41, 5.74) is 3.05. The molecule has 0 radical (unpaired) electrons. The molecule has 3 nitrogen and oxygen atoms in total. The van der Waals surface area contributed by atoms with Crippen LogP contribution in [0, 0.1) is 5.92 Å². The van der Waals surface area contributed by atoms with Crippen LogP contribution in [0.1, 0.15) is 36.6 Å². The summed E-state index contributed by atoms with van der Waals surface area (Å²) < 4.78 is 0. The minimum absolute atomic E-state index is 0.354. The highest BCUT2D eigenvalue weighted by molar-refractivity contribution is 7.10. The molecular formula is C13H21N3S. The number of nitrogens with one attached hydrogen (secondary N) is 1. The van der Waals surface area contributed by atoms with Crippen LogP contribution in [0.5, 0.6) is 0 Å². The van der Waals surface area contributed by atoms with Crippen LogP contribution in [0.4, 0.5) is 0 Å². The summed E-state index contributed by atoms with van der Waals surface area (Å²) in [6.45, 7) is 0. The molecule has 2 fully saturated rings. The Hall–Kier alpha value is -0.420. The quantitative estimate of drug-likeness (QED) is 0.639. The lowest BCUT2D eigenvalue weighted by Gasteiger charge is -2.39. The predicted octanol–water partition coefficient (Wildman–Crippen LogP) is 2.13. The zero-order chi connectivity index (χ0) is 11.8. The van der Waals surface area contributed by atoms with Gasteiger partial charge < -0.3 is 4.90 Å². The maximum Gasteiger partial charge on any atom is 0.0582 e. The summed E-state index contributed by atoms with van der Waals surface area (Å²) in [7, 11) is 2.29. The highest BCUT2D eigenvalue weighted by atomic mass is 32.1. The van der Waals surface area contributed by atoms with Gasteiger partial charge in [-0.15, -0.1) is 11.3 Å². The van der Waals surface area contributed by atoms with Gasteiger partial charge in [0.05, 0.1) is 6.04 Å². The number of nitrogens with zero attached hydrogens (tertiary/aromatic N) is 1. The molecule has 3 atom stereocenters. The Morgan fingerprint density at radius 1 is 1.41 bits per heavy atom. The van der Waals surface area contributed by atoms with E-state index in [1.165, 1.54) is 30.6 Å². The van der Waals surface area contributed by atoms with E-state index in [4.69, 9.17) is 5.84 Å². The average molecular weight is 251 g/mol. The first kappa shape index (κ1) is 11.7. The van der Waals surface area contributed by atoms with Gasteiger partial charge in [-0.3, -0.25) is 11.3 Å². The normalized spacial score (nSPS) is 35.1. The number of nitrogens with two attached hydrogens (primary N) is 1. The number of hydrogen-bond acceptors (Lipinski definition) is 4. The lowest BCUT2D eigenvalue weighted by Crippen LogP contribution is -2.44. The van der Waals surface area contributed by atoms with Crippen LogP contribution in [0.2, 0.25) is 0 Å². The summed E-state index contributed by atoms with van der Waals surface area (Å²) in [4.78, 5) is 3.97. The third-order valence-corrected chi connectivity index (χ3v) is 5.59. The van der Waals surface area contributed by atoms with Gasteiger partial charge in [-0.2, -0.15) is 0 Å². The second-order valence-corrected chi connectivity index (χ2v) is 6.42. The van der Waals surface area contributed by atoms with Gasteiger partial charge in [0.2, 0.25) is 0 Å². The number of piperidine rings is 1. The second kappa shape index (κ2) is 4.69. The van der Waals surface area contributed by atoms with Crippen LogP contribution >= 0.6 is 11.3 Å². The largest absolute Gasteiger partial charge is 0.300 e. The first-order valence-corrected chi connectivity index (χ1v) is 7.39. The first-order chi connectivity index (χ1) is 8.29. The predicted molar refractivity (Wildman–Crippen MR) is 71.7 cm³/mol. The molecule has 0 aliphatic carbocycles. The van der Waals surface area contributed by atoms with Crippen molar-refractivity contribution in [1.29, 1.82) is 0 Å². The summed E-state index contributed by atoms with van der Waals surface area (Å²) in [6.07, 6.45) is 5.33. The molecule has 17 heavy (non-hydrogen) atoms. The van der Waals surface area contributed by atoms with Crippen LogP contribution in [-0.4, -0.2) is 24.0 Å². The van der Waals surface area contributed by atoms with E-state index in [0.717, 1.165) is 12.1 Å². The van der Waals surface area contributed by atoms with Crippen molar-refractivity contribution in [1.82, 2.24) is 10.3 Å². The van der Waals surface area contributed by atoms with Crippen molar-refractivity contribution in [3.63, 3.8) is 0 Å². The molecule has 1 aromatic heterocycles. The molecular weight excluding hydrogens is 230 g/mol. The second-order valence-electron chi connectivity index (χ2n) is 5.44. The fraction of sp³-hybridized carbons (Fsp3) is 0.692. The van der Waals surface area contributed by atoms with E-state index in [1.54, 1.807) is 0 Å². The standard InChI is InChI=1S/C13H21N3S/c1-16-10-4-5-11(16)8-9(7-10)13(15-14)12-3-2-6-17-12/h2-3,6,9-11,13,15H,4-5,7-8,14H2,1H3. The monoisotopic (exact) mass is 251 g/mol. The Bertz CT molecular complexity index is 351. The molecule has 3 unspecified atom stereocenters. The van der Waals surface area contributed by atoms with Gasteiger partial charge >= 0.3 is 0 Å². The smallest absolute Gasteiger partial charge is 0.0582 e. The van der Waals surface area contributed by atoms with E-state index >= 15 is 0 Å². The van der Waals surface area contributed by atoms with Crippen molar-refractivity contribution in [3.8, 4) is 0 Å². The Kier molecular flexibility index (Phi) is 3.21. The molecule has 3 heterocycles. The van der Waals surface area contributed by atoms with E-state index in [2.05, 4.69) is 34.9 Å². The van der Waals surface area contributed by atoms with Crippen LogP contribution in [-0.2, 0) is 0 Å². The van der Waals surface area contributed by atoms with E-state index in [9.17, 15) is 0 Å². The third-order valence-electron chi connectivity index (χ3n) is 4.64. The maximum absolute atomic E-state index is 5.78. The van der Waals surface area contributed by atoms with E-state index in [1.807, 2.05) is 11.3 Å². The van der Waals surface area contributed by atoms with Gasteiger partial charge in [-0.1, -0.05) is 6.07 Å². The van der Waals surface area contributed by atoms with Crippen molar-refractivity contribution < 1.29 is 0 Å². The number of thiophene rings is 1. The number of hydrogen-bond donors (Lipinski definition) is 2. The van der Waals surface area contributed by atoms with Gasteiger partial charge in [-0.25, -0.2) is 0 Å². The SMILES string of the molecule is CN1C2CCC1CC(C(NN)c1cccs1)C2. The van der Waals surface area contributed by atoms with Gasteiger partial charge in [0.25, 0.3) is 0 Å². The van der Waals surface area contributed by atoms with Crippen LogP contribution in [0.15, 0.2) is 17.5 Å². The van der Waals surface area contributed by atoms with E-state index in [-0.39, 0.29) is 0 Å². The zero-order valence-electron chi connectivity index (χ0n) is 10.3. The minimum atomic E-state index is 0.354. The molecule has 0 amide bonds. The summed E-state index contributed by atoms with van der Waals surface area (Å²) >= 11 is 1.82. The van der Waals surface area contributed by atoms with Crippen molar-refractivity contribution in [2.45, 2.75) is 43.8 Å². The molecule has 3 rings (SSSR count). The number of hydrazine groups is 1. The first-order valence-electron chi connectivity index (χ1n) is 6.51. The topological polar surface area (TPSA) is 41.3 Å². The average Bonchev–Trinajstić information content (AvgIpc) is 2.88.